The number of hydrogen-bond donors (Lipinski definition) is 3. The smallest absolute Gasteiger partial charge is 0.313 e. The number of benzene rings is 1. The second kappa shape index (κ2) is 7.61. The zero-order valence-electron chi connectivity index (χ0n) is 13.4. The van der Waals surface area contributed by atoms with Crippen LogP contribution in [0.1, 0.15) is 32.8 Å². The number of anilines is 1. The highest BCUT2D eigenvalue weighted by atomic mass is 35.5. The van der Waals surface area contributed by atoms with Crippen LogP contribution in [0.3, 0.4) is 0 Å². The number of rotatable bonds is 5. The average molecular weight is 327 g/mol. The Bertz CT molecular complexity index is 558. The lowest BCUT2D eigenvalue weighted by atomic mass is 9.89. The van der Waals surface area contributed by atoms with E-state index in [1.807, 2.05) is 20.8 Å². The minimum absolute atomic E-state index is 0.00627. The maximum Gasteiger partial charge on any atom is 0.313 e. The van der Waals surface area contributed by atoms with Gasteiger partial charge in [-0.15, -0.1) is 0 Å². The summed E-state index contributed by atoms with van der Waals surface area (Å²) in [5.41, 5.74) is 0.274. The van der Waals surface area contributed by atoms with E-state index < -0.39 is 17.4 Å². The molecule has 0 aliphatic carbocycles. The molecule has 6 heteroatoms. The summed E-state index contributed by atoms with van der Waals surface area (Å²) in [6, 6.07) is 5.00. The number of halogens is 1. The maximum absolute atomic E-state index is 11.8. The zero-order chi connectivity index (χ0) is 16.9. The van der Waals surface area contributed by atoms with E-state index in [4.69, 9.17) is 11.6 Å². The van der Waals surface area contributed by atoms with Crippen LogP contribution in [0.25, 0.3) is 0 Å². The average Bonchev–Trinajstić information content (AvgIpc) is 2.47. The van der Waals surface area contributed by atoms with Gasteiger partial charge in [0.15, 0.2) is 0 Å². The van der Waals surface area contributed by atoms with Gasteiger partial charge < -0.3 is 15.7 Å². The summed E-state index contributed by atoms with van der Waals surface area (Å²) < 4.78 is 0. The molecule has 1 rings (SSSR count). The first kappa shape index (κ1) is 18.5. The van der Waals surface area contributed by atoms with Gasteiger partial charge in [0, 0.05) is 17.3 Å². The van der Waals surface area contributed by atoms with Crippen molar-refractivity contribution >= 4 is 29.1 Å². The minimum atomic E-state index is -1.06. The van der Waals surface area contributed by atoms with Crippen molar-refractivity contribution in [1.82, 2.24) is 5.32 Å². The minimum Gasteiger partial charge on any atom is -0.388 e. The lowest BCUT2D eigenvalue weighted by Gasteiger charge is -2.29. The molecule has 0 unspecified atom stereocenters. The van der Waals surface area contributed by atoms with Crippen molar-refractivity contribution < 1.29 is 14.7 Å². The largest absolute Gasteiger partial charge is 0.388 e. The van der Waals surface area contributed by atoms with Gasteiger partial charge in [0.25, 0.3) is 0 Å². The number of carbonyl (C=O) groups excluding carboxylic acids is 2. The van der Waals surface area contributed by atoms with E-state index in [2.05, 4.69) is 10.6 Å². The molecule has 0 aliphatic heterocycles. The number of carbonyl (C=O) groups is 2. The van der Waals surface area contributed by atoms with Gasteiger partial charge in [-0.3, -0.25) is 9.59 Å². The Morgan fingerprint density at radius 2 is 2.00 bits per heavy atom. The second-order valence-corrected chi connectivity index (χ2v) is 6.17. The Morgan fingerprint density at radius 3 is 2.55 bits per heavy atom. The zero-order valence-corrected chi connectivity index (χ0v) is 14.1. The van der Waals surface area contributed by atoms with Crippen LogP contribution in [0.5, 0.6) is 0 Å². The molecule has 3 N–H and O–H groups in total. The van der Waals surface area contributed by atoms with Gasteiger partial charge in [0.05, 0.1) is 5.60 Å². The quantitative estimate of drug-likeness (QED) is 0.727. The van der Waals surface area contributed by atoms with Gasteiger partial charge in [-0.1, -0.05) is 37.9 Å². The predicted molar refractivity (Wildman–Crippen MR) is 87.9 cm³/mol. The second-order valence-electron chi connectivity index (χ2n) is 5.77. The fourth-order valence-electron chi connectivity index (χ4n) is 1.81. The molecule has 2 atom stereocenters. The van der Waals surface area contributed by atoms with E-state index in [-0.39, 0.29) is 12.5 Å². The van der Waals surface area contributed by atoms with E-state index in [1.54, 1.807) is 25.1 Å². The van der Waals surface area contributed by atoms with Crippen molar-refractivity contribution in [2.75, 3.05) is 11.9 Å². The molecule has 0 bridgehead atoms. The third-order valence-corrected chi connectivity index (χ3v) is 4.32. The first-order valence-corrected chi connectivity index (χ1v) is 7.63. The highest BCUT2D eigenvalue weighted by molar-refractivity contribution is 6.39. The van der Waals surface area contributed by atoms with Crippen LogP contribution in [-0.4, -0.2) is 29.1 Å². The molecule has 0 radical (unpaired) electrons. The Labute approximate surface area is 136 Å². The molecular formula is C16H23ClN2O3. The van der Waals surface area contributed by atoms with Crippen LogP contribution >= 0.6 is 11.6 Å². The Kier molecular flexibility index (Phi) is 6.38. The van der Waals surface area contributed by atoms with Crippen molar-refractivity contribution in [3.8, 4) is 0 Å². The summed E-state index contributed by atoms with van der Waals surface area (Å²) in [4.78, 5) is 23.6. The summed E-state index contributed by atoms with van der Waals surface area (Å²) in [6.07, 6.45) is 0.775. The molecule has 0 aliphatic rings. The molecular weight excluding hydrogens is 304 g/mol. The molecule has 0 saturated heterocycles. The molecule has 0 saturated carbocycles. The molecule has 2 amide bonds. The van der Waals surface area contributed by atoms with Crippen LogP contribution in [-0.2, 0) is 9.59 Å². The summed E-state index contributed by atoms with van der Waals surface area (Å²) in [7, 11) is 0. The standard InChI is InChI=1S/C16H23ClN2O3/c1-5-11(3)16(4,22)9-18-14(20)15(21)19-12-7-6-10(2)13(17)8-12/h6-8,11,22H,5,9H2,1-4H3,(H,18,20)(H,19,21)/t11-,16+/m0/s1. The molecule has 0 aromatic heterocycles. The SMILES string of the molecule is CC[C@H](C)[C@](C)(O)CNC(=O)C(=O)Nc1ccc(C)c(Cl)c1. The van der Waals surface area contributed by atoms with Crippen molar-refractivity contribution in [1.29, 1.82) is 0 Å². The fourth-order valence-corrected chi connectivity index (χ4v) is 1.99. The van der Waals surface area contributed by atoms with Crippen molar-refractivity contribution in [3.05, 3.63) is 28.8 Å². The highest BCUT2D eigenvalue weighted by Crippen LogP contribution is 2.20. The first-order valence-electron chi connectivity index (χ1n) is 7.25. The normalized spacial score (nSPS) is 14.8. The van der Waals surface area contributed by atoms with Gasteiger partial charge in [-0.05, 0) is 37.5 Å². The lowest BCUT2D eigenvalue weighted by molar-refractivity contribution is -0.137. The summed E-state index contributed by atoms with van der Waals surface area (Å²) >= 11 is 5.96. The van der Waals surface area contributed by atoms with Crippen LogP contribution in [0.2, 0.25) is 5.02 Å². The number of amides is 2. The highest BCUT2D eigenvalue weighted by Gasteiger charge is 2.28. The molecule has 22 heavy (non-hydrogen) atoms. The van der Waals surface area contributed by atoms with Crippen molar-refractivity contribution in [2.24, 2.45) is 5.92 Å². The molecule has 1 aromatic carbocycles. The molecule has 1 aromatic rings. The monoisotopic (exact) mass is 326 g/mol. The summed E-state index contributed by atoms with van der Waals surface area (Å²) in [6.45, 7) is 7.34. The molecule has 0 heterocycles. The Morgan fingerprint density at radius 1 is 1.36 bits per heavy atom. The fraction of sp³-hybridized carbons (Fsp3) is 0.500. The topological polar surface area (TPSA) is 78.4 Å². The van der Waals surface area contributed by atoms with Gasteiger partial charge in [-0.25, -0.2) is 0 Å². The number of hydrogen-bond acceptors (Lipinski definition) is 3. The molecule has 0 fully saturated rings. The van der Waals surface area contributed by atoms with Crippen molar-refractivity contribution in [3.63, 3.8) is 0 Å². The lowest BCUT2D eigenvalue weighted by Crippen LogP contribution is -2.47. The van der Waals surface area contributed by atoms with Crippen LogP contribution < -0.4 is 10.6 Å². The first-order chi connectivity index (χ1) is 10.2. The Hall–Kier alpha value is -1.59. The van der Waals surface area contributed by atoms with Crippen LogP contribution in [0.4, 0.5) is 5.69 Å². The molecule has 122 valence electrons. The van der Waals surface area contributed by atoms with Gasteiger partial charge in [0.1, 0.15) is 0 Å². The van der Waals surface area contributed by atoms with E-state index in [0.29, 0.717) is 10.7 Å². The van der Waals surface area contributed by atoms with Gasteiger partial charge in [-0.2, -0.15) is 0 Å². The van der Waals surface area contributed by atoms with Crippen LogP contribution in [0.15, 0.2) is 18.2 Å². The predicted octanol–water partition coefficient (Wildman–Crippen LogP) is 2.50. The van der Waals surface area contributed by atoms with Gasteiger partial charge in [0.2, 0.25) is 0 Å². The molecule has 0 spiro atoms. The number of nitrogens with one attached hydrogen (secondary N) is 2. The van der Waals surface area contributed by atoms with E-state index in [1.165, 1.54) is 0 Å². The summed E-state index contributed by atoms with van der Waals surface area (Å²) in [5.74, 6) is -1.58. The summed E-state index contributed by atoms with van der Waals surface area (Å²) in [5, 5.41) is 15.6. The number of aliphatic hydroxyl groups is 1. The molecule has 5 nitrogen and oxygen atoms in total. The van der Waals surface area contributed by atoms with Gasteiger partial charge >= 0.3 is 11.8 Å². The maximum atomic E-state index is 11.8. The van der Waals surface area contributed by atoms with Crippen molar-refractivity contribution in [2.45, 2.75) is 39.7 Å². The van der Waals surface area contributed by atoms with E-state index in [0.717, 1.165) is 12.0 Å². The number of aryl methyl sites for hydroxylation is 1. The third kappa shape index (κ3) is 5.00. The van der Waals surface area contributed by atoms with Crippen LogP contribution in [0, 0.1) is 12.8 Å². The van der Waals surface area contributed by atoms with E-state index >= 15 is 0 Å². The third-order valence-electron chi connectivity index (χ3n) is 3.92. The Balaban J connectivity index is 2.59. The van der Waals surface area contributed by atoms with E-state index in [9.17, 15) is 14.7 Å².